The second-order valence-corrected chi connectivity index (χ2v) is 9.53. The lowest BCUT2D eigenvalue weighted by molar-refractivity contribution is -0.120. The number of nitrogens with zero attached hydrogens (tertiary/aromatic N) is 2. The Morgan fingerprint density at radius 2 is 1.24 bits per heavy atom. The lowest BCUT2D eigenvalue weighted by Crippen LogP contribution is -2.56. The summed E-state index contributed by atoms with van der Waals surface area (Å²) in [6.07, 6.45) is 1.54. The molecule has 42 heavy (non-hydrogen) atoms. The Labute approximate surface area is 249 Å². The van der Waals surface area contributed by atoms with Crippen LogP contribution in [0, 0.1) is 0 Å². The van der Waals surface area contributed by atoms with E-state index in [1.807, 2.05) is 54.6 Å². The number of hydrogen-bond donors (Lipinski definition) is 0. The number of ether oxygens (including phenoxy) is 4. The molecule has 0 bridgehead atoms. The van der Waals surface area contributed by atoms with Crippen molar-refractivity contribution in [2.45, 2.75) is 6.61 Å². The molecule has 1 fully saturated rings. The quantitative estimate of drug-likeness (QED) is 0.136. The molecule has 0 aliphatic carbocycles. The fraction of sp³-hybridized carbons (Fsp3) is 0.121. The average molecular weight is 581 g/mol. The molecule has 0 aromatic heterocycles. The molecule has 4 aromatic rings. The number of carbonyl (C=O) groups is 2. The summed E-state index contributed by atoms with van der Waals surface area (Å²) in [5, 5.41) is 0.0776. The van der Waals surface area contributed by atoms with Crippen molar-refractivity contribution in [1.82, 2.24) is 0 Å². The fourth-order valence-electron chi connectivity index (χ4n) is 4.55. The van der Waals surface area contributed by atoms with Gasteiger partial charge < -0.3 is 18.9 Å². The minimum Gasteiger partial charge on any atom is -0.497 e. The van der Waals surface area contributed by atoms with Crippen molar-refractivity contribution in [3.63, 3.8) is 0 Å². The van der Waals surface area contributed by atoms with E-state index in [0.717, 1.165) is 5.56 Å². The molecule has 5 rings (SSSR count). The number of rotatable bonds is 9. The van der Waals surface area contributed by atoms with E-state index in [0.29, 0.717) is 39.9 Å². The molecular weight excluding hydrogens is 552 g/mol. The van der Waals surface area contributed by atoms with E-state index < -0.39 is 11.8 Å². The zero-order valence-electron chi connectivity index (χ0n) is 23.3. The predicted molar refractivity (Wildman–Crippen MR) is 165 cm³/mol. The molecule has 9 heteroatoms. The van der Waals surface area contributed by atoms with E-state index in [1.54, 1.807) is 56.7 Å². The van der Waals surface area contributed by atoms with Gasteiger partial charge in [-0.15, -0.1) is 0 Å². The smallest absolute Gasteiger partial charge is 0.270 e. The van der Waals surface area contributed by atoms with Gasteiger partial charge >= 0.3 is 0 Å². The largest absolute Gasteiger partial charge is 0.497 e. The first kappa shape index (κ1) is 28.4. The van der Waals surface area contributed by atoms with Gasteiger partial charge in [-0.1, -0.05) is 42.5 Å². The van der Waals surface area contributed by atoms with Crippen LogP contribution in [0.3, 0.4) is 0 Å². The summed E-state index contributed by atoms with van der Waals surface area (Å²) in [5.74, 6) is 1.20. The molecule has 0 atom stereocenters. The standard InChI is InChI=1S/C33H28N2O6S/c1-38-26-15-17-28(39-2)23(20-26)21-41-29-16-14-22(19-30(29)40-3)18-27-31(36)34(24-10-6-4-7-11-24)33(42)35(32(27)37)25-12-8-5-9-13-25/h4-20H,21H2,1-3H3. The van der Waals surface area contributed by atoms with Crippen LogP contribution in [0.4, 0.5) is 11.4 Å². The highest BCUT2D eigenvalue weighted by Crippen LogP contribution is 2.34. The van der Waals surface area contributed by atoms with Crippen molar-refractivity contribution in [1.29, 1.82) is 0 Å². The molecule has 0 unspecified atom stereocenters. The number of anilines is 2. The maximum atomic E-state index is 13.8. The Bertz CT molecular complexity index is 1590. The molecule has 1 aliphatic heterocycles. The molecule has 8 nitrogen and oxygen atoms in total. The van der Waals surface area contributed by atoms with Gasteiger partial charge in [0.25, 0.3) is 11.8 Å². The number of thiocarbonyl (C=S) groups is 1. The summed E-state index contributed by atoms with van der Waals surface area (Å²) in [4.78, 5) is 30.3. The number of methoxy groups -OCH3 is 3. The second kappa shape index (κ2) is 12.6. The summed E-state index contributed by atoms with van der Waals surface area (Å²) >= 11 is 5.67. The van der Waals surface area contributed by atoms with Crippen LogP contribution in [0.15, 0.2) is 103 Å². The number of carbonyl (C=O) groups excluding carboxylic acids is 2. The van der Waals surface area contributed by atoms with Gasteiger partial charge in [0.2, 0.25) is 0 Å². The average Bonchev–Trinajstić information content (AvgIpc) is 3.03. The van der Waals surface area contributed by atoms with Gasteiger partial charge in [-0.3, -0.25) is 19.4 Å². The third-order valence-corrected chi connectivity index (χ3v) is 7.01. The topological polar surface area (TPSA) is 77.5 Å². The van der Waals surface area contributed by atoms with Crippen LogP contribution in [-0.4, -0.2) is 38.3 Å². The van der Waals surface area contributed by atoms with Crippen LogP contribution < -0.4 is 28.7 Å². The molecular formula is C33H28N2O6S. The SMILES string of the molecule is COc1ccc(OC)c(COc2ccc(C=C3C(=O)N(c4ccccc4)C(=S)N(c4ccccc4)C3=O)cc2OC)c1. The third kappa shape index (κ3) is 5.68. The van der Waals surface area contributed by atoms with Crippen molar-refractivity contribution < 1.29 is 28.5 Å². The maximum absolute atomic E-state index is 13.8. The third-order valence-electron chi connectivity index (χ3n) is 6.65. The summed E-state index contributed by atoms with van der Waals surface area (Å²) < 4.78 is 22.4. The van der Waals surface area contributed by atoms with Gasteiger partial charge in [-0.25, -0.2) is 0 Å². The molecule has 4 aromatic carbocycles. The Balaban J connectivity index is 1.49. The first-order valence-corrected chi connectivity index (χ1v) is 13.4. The minimum absolute atomic E-state index is 0.0480. The minimum atomic E-state index is -0.521. The van der Waals surface area contributed by atoms with Crippen LogP contribution in [0.25, 0.3) is 6.08 Å². The lowest BCUT2D eigenvalue weighted by atomic mass is 10.0. The van der Waals surface area contributed by atoms with Gasteiger partial charge in [-0.2, -0.15) is 0 Å². The van der Waals surface area contributed by atoms with Gasteiger partial charge in [0.1, 0.15) is 23.7 Å². The zero-order valence-corrected chi connectivity index (χ0v) is 24.1. The molecule has 0 N–H and O–H groups in total. The van der Waals surface area contributed by atoms with Crippen molar-refractivity contribution in [2.24, 2.45) is 0 Å². The predicted octanol–water partition coefficient (Wildman–Crippen LogP) is 6.04. The second-order valence-electron chi connectivity index (χ2n) is 9.17. The van der Waals surface area contributed by atoms with Crippen LogP contribution in [0.5, 0.6) is 23.0 Å². The molecule has 2 amide bonds. The maximum Gasteiger partial charge on any atom is 0.270 e. The Hall–Kier alpha value is -5.15. The normalized spacial score (nSPS) is 13.2. The van der Waals surface area contributed by atoms with E-state index in [4.69, 9.17) is 31.2 Å². The van der Waals surface area contributed by atoms with E-state index >= 15 is 0 Å². The number of benzene rings is 4. The van der Waals surface area contributed by atoms with Crippen molar-refractivity contribution in [2.75, 3.05) is 31.1 Å². The Morgan fingerprint density at radius 1 is 0.667 bits per heavy atom. The van der Waals surface area contributed by atoms with E-state index in [2.05, 4.69) is 0 Å². The highest BCUT2D eigenvalue weighted by atomic mass is 32.1. The first-order chi connectivity index (χ1) is 20.4. The molecule has 0 spiro atoms. The first-order valence-electron chi connectivity index (χ1n) is 13.0. The Kier molecular flexibility index (Phi) is 8.50. The van der Waals surface area contributed by atoms with E-state index in [9.17, 15) is 9.59 Å². The number of hydrogen-bond acceptors (Lipinski definition) is 7. The highest BCUT2D eigenvalue weighted by molar-refractivity contribution is 7.81. The lowest BCUT2D eigenvalue weighted by Gasteiger charge is -2.36. The Morgan fingerprint density at radius 3 is 1.79 bits per heavy atom. The molecule has 212 valence electrons. The molecule has 1 heterocycles. The highest BCUT2D eigenvalue weighted by Gasteiger charge is 2.41. The number of amides is 2. The van der Waals surface area contributed by atoms with Crippen LogP contribution in [0.2, 0.25) is 0 Å². The molecule has 0 saturated carbocycles. The van der Waals surface area contributed by atoms with Gasteiger partial charge in [0.05, 0.1) is 32.7 Å². The number of para-hydroxylation sites is 2. The molecule has 1 saturated heterocycles. The van der Waals surface area contributed by atoms with Gasteiger partial charge in [0, 0.05) is 5.56 Å². The van der Waals surface area contributed by atoms with Gasteiger partial charge in [-0.05, 0) is 78.5 Å². The van der Waals surface area contributed by atoms with Crippen LogP contribution >= 0.6 is 12.2 Å². The summed E-state index contributed by atoms with van der Waals surface area (Å²) in [6, 6.07) is 28.7. The van der Waals surface area contributed by atoms with E-state index in [1.165, 1.54) is 23.0 Å². The van der Waals surface area contributed by atoms with Crippen LogP contribution in [0.1, 0.15) is 11.1 Å². The van der Waals surface area contributed by atoms with Crippen molar-refractivity contribution in [3.05, 3.63) is 114 Å². The monoisotopic (exact) mass is 580 g/mol. The van der Waals surface area contributed by atoms with Gasteiger partial charge in [0.15, 0.2) is 16.6 Å². The van der Waals surface area contributed by atoms with E-state index in [-0.39, 0.29) is 17.3 Å². The fourth-order valence-corrected chi connectivity index (χ4v) is 4.93. The summed E-state index contributed by atoms with van der Waals surface area (Å²) in [7, 11) is 4.71. The zero-order chi connectivity index (χ0) is 29.6. The summed E-state index contributed by atoms with van der Waals surface area (Å²) in [5.41, 5.74) is 2.43. The van der Waals surface area contributed by atoms with Crippen LogP contribution in [-0.2, 0) is 16.2 Å². The van der Waals surface area contributed by atoms with Crippen molar-refractivity contribution in [3.8, 4) is 23.0 Å². The molecule has 1 aliphatic rings. The van der Waals surface area contributed by atoms with Crippen molar-refractivity contribution >= 4 is 46.6 Å². The summed E-state index contributed by atoms with van der Waals surface area (Å²) in [6.45, 7) is 0.198. The molecule has 0 radical (unpaired) electrons.